The van der Waals surface area contributed by atoms with Crippen LogP contribution in [0.15, 0.2) is 12.2 Å². The zero-order valence-corrected chi connectivity index (χ0v) is 12.6. The van der Waals surface area contributed by atoms with Gasteiger partial charge in [-0.05, 0) is 13.8 Å². The van der Waals surface area contributed by atoms with Crippen LogP contribution in [0.2, 0.25) is 0 Å². The van der Waals surface area contributed by atoms with Crippen molar-refractivity contribution in [1.29, 1.82) is 0 Å². The van der Waals surface area contributed by atoms with Gasteiger partial charge in [-0.3, -0.25) is 0 Å². The molecule has 66 valence electrons. The highest BCUT2D eigenvalue weighted by Crippen LogP contribution is 2.33. The van der Waals surface area contributed by atoms with Crippen molar-refractivity contribution < 1.29 is 9.90 Å². The number of allylic oxidation sites excluding steroid dienone is 1. The molecule has 0 aromatic rings. The highest BCUT2D eigenvalue weighted by atomic mass is 127. The third kappa shape index (κ3) is 52.0. The van der Waals surface area contributed by atoms with Crippen molar-refractivity contribution in [2.75, 3.05) is 0 Å². The number of carbonyl (C=O) groups is 1. The maximum absolute atomic E-state index is 9.51. The average Bonchev–Trinajstić information content (AvgIpc) is 1.58. The van der Waals surface area contributed by atoms with Gasteiger partial charge in [0.1, 0.15) is -0.565 Å². The molecule has 0 heterocycles. The second-order valence-electron chi connectivity index (χ2n) is 1.62. The van der Waals surface area contributed by atoms with E-state index in [9.17, 15) is 4.79 Å². The van der Waals surface area contributed by atoms with Gasteiger partial charge in [0, 0.05) is 6.08 Å². The van der Waals surface area contributed by atoms with Crippen molar-refractivity contribution in [3.8, 4) is 0 Å². The Morgan fingerprint density at radius 1 is 1.45 bits per heavy atom. The van der Waals surface area contributed by atoms with Gasteiger partial charge in [-0.25, -0.2) is 4.79 Å². The Balaban J connectivity index is 0. The molecule has 0 fully saturated rings. The van der Waals surface area contributed by atoms with E-state index in [1.54, 1.807) is 6.92 Å². The summed E-state index contributed by atoms with van der Waals surface area (Å²) < 4.78 is 0.410. The molecule has 0 atom stereocenters. The van der Waals surface area contributed by atoms with E-state index in [0.29, 0.717) is -0.565 Å². The topological polar surface area (TPSA) is 37.3 Å². The zero-order valence-electron chi connectivity index (χ0n) is 6.14. The van der Waals surface area contributed by atoms with Crippen molar-refractivity contribution in [2.45, 2.75) is 13.3 Å². The normalized spacial score (nSPS) is 10.6. The maximum atomic E-state index is 9.51. The van der Waals surface area contributed by atoms with Gasteiger partial charge in [0.25, 0.3) is 0 Å². The predicted octanol–water partition coefficient (Wildman–Crippen LogP) is 3.61. The quantitative estimate of drug-likeness (QED) is 0.344. The first kappa shape index (κ1) is 14.9. The van der Waals surface area contributed by atoms with Crippen LogP contribution >= 0.6 is 67.8 Å². The fourth-order valence-electron chi connectivity index (χ4n) is 0.143. The van der Waals surface area contributed by atoms with Gasteiger partial charge in [0.2, 0.25) is 0 Å². The van der Waals surface area contributed by atoms with Crippen LogP contribution in [0.3, 0.4) is 0 Å². The number of rotatable bonds is 1. The average molecular weight is 494 g/mol. The summed E-state index contributed by atoms with van der Waals surface area (Å²) >= 11 is 7.05. The summed E-state index contributed by atoms with van der Waals surface area (Å²) in [6.45, 7) is 3.81. The summed E-state index contributed by atoms with van der Waals surface area (Å²) in [6.07, 6.45) is 2.56. The molecule has 0 aliphatic heterocycles. The van der Waals surface area contributed by atoms with Gasteiger partial charge in [0.15, 0.2) is 0 Å². The third-order valence-electron chi connectivity index (χ3n) is 0.309. The van der Waals surface area contributed by atoms with Crippen LogP contribution in [-0.4, -0.2) is 10.5 Å². The summed E-state index contributed by atoms with van der Waals surface area (Å²) in [6, 6.07) is 0. The molecule has 0 aromatic carbocycles. The van der Waals surface area contributed by atoms with Crippen LogP contribution in [0.4, 0.5) is 0 Å². The highest BCUT2D eigenvalue weighted by Gasteiger charge is 2.04. The van der Waals surface area contributed by atoms with E-state index in [4.69, 9.17) is 5.11 Å². The Kier molecular flexibility index (Phi) is 10.9. The first-order valence-corrected chi connectivity index (χ1v) is 5.93. The molecule has 5 heteroatoms. The zero-order chi connectivity index (χ0) is 9.49. The molecular weight excluding hydrogens is 485 g/mol. The van der Waals surface area contributed by atoms with Crippen LogP contribution < -0.4 is 0 Å². The number of carboxylic acids is 1. The van der Waals surface area contributed by atoms with Gasteiger partial charge in [-0.15, -0.1) is 0 Å². The van der Waals surface area contributed by atoms with Crippen LogP contribution in [0.1, 0.15) is 13.8 Å². The number of aliphatic carboxylic acids is 1. The third-order valence-corrected chi connectivity index (χ3v) is 0.309. The Labute approximate surface area is 108 Å². The fourth-order valence-corrected chi connectivity index (χ4v) is 0.143. The minimum atomic E-state index is -0.891. The van der Waals surface area contributed by atoms with E-state index < -0.39 is 5.97 Å². The second kappa shape index (κ2) is 8.02. The van der Waals surface area contributed by atoms with Crippen molar-refractivity contribution in [3.05, 3.63) is 12.2 Å². The molecule has 0 rings (SSSR count). The van der Waals surface area contributed by atoms with Crippen molar-refractivity contribution in [2.24, 2.45) is 0 Å². The number of hydrogen-bond acceptors (Lipinski definition) is 1. The lowest BCUT2D eigenvalue weighted by atomic mass is 10.5. The molecule has 0 aliphatic rings. The Bertz CT molecular complexity index is 131. The fraction of sp³-hybridized carbons (Fsp3) is 0.500. The summed E-state index contributed by atoms with van der Waals surface area (Å²) in [5.41, 5.74) is 0. The van der Waals surface area contributed by atoms with Crippen LogP contribution in [0, 0.1) is 0 Å². The second-order valence-corrected chi connectivity index (χ2v) is 14.3. The summed E-state index contributed by atoms with van der Waals surface area (Å²) in [4.78, 5) is 9.51. The molecule has 0 saturated heterocycles. The van der Waals surface area contributed by atoms with Crippen LogP contribution in [-0.2, 0) is 4.79 Å². The van der Waals surface area contributed by atoms with E-state index in [1.807, 2.05) is 0 Å². The molecule has 0 aromatic heterocycles. The van der Waals surface area contributed by atoms with E-state index >= 15 is 0 Å². The van der Waals surface area contributed by atoms with Crippen LogP contribution in [0.25, 0.3) is 0 Å². The molecule has 0 amide bonds. The molecule has 0 spiro atoms. The predicted molar refractivity (Wildman–Crippen MR) is 72.9 cm³/mol. The molecule has 0 saturated carbocycles. The Morgan fingerprint density at radius 3 is 1.73 bits per heavy atom. The van der Waals surface area contributed by atoms with Crippen molar-refractivity contribution >= 4 is 73.7 Å². The van der Waals surface area contributed by atoms with Gasteiger partial charge < -0.3 is 5.11 Å². The molecule has 0 unspecified atom stereocenters. The number of hydrogen-bond donors (Lipinski definition) is 1. The smallest absolute Gasteiger partial charge is 0.327 e. The summed E-state index contributed by atoms with van der Waals surface area (Å²) in [7, 11) is 0. The number of alkyl halides is 3. The summed E-state index contributed by atoms with van der Waals surface area (Å²) in [5.74, 6) is -0.891. The van der Waals surface area contributed by atoms with Gasteiger partial charge in [0.05, 0.1) is 0 Å². The molecule has 0 aliphatic carbocycles. The lowest BCUT2D eigenvalue weighted by Crippen LogP contribution is -1.83. The monoisotopic (exact) mass is 494 g/mol. The standard InChI is InChI=1S/C4H6O2.C2H3I3/c1-2-3-4(5)6;1-2(3,4)5/h2-3H,1H3,(H,5,6);1H3/b3-2-;. The Morgan fingerprint density at radius 2 is 1.73 bits per heavy atom. The van der Waals surface area contributed by atoms with E-state index in [2.05, 4.69) is 74.7 Å². The molecular formula is C6H9I3O2. The van der Waals surface area contributed by atoms with E-state index in [1.165, 1.54) is 6.08 Å². The van der Waals surface area contributed by atoms with Crippen molar-refractivity contribution in [1.82, 2.24) is 0 Å². The largest absolute Gasteiger partial charge is 0.478 e. The first-order valence-electron chi connectivity index (χ1n) is 2.69. The molecule has 2 nitrogen and oxygen atoms in total. The number of carboxylic acid groups (broad SMARTS) is 1. The molecule has 0 radical (unpaired) electrons. The molecule has 1 N–H and O–H groups in total. The van der Waals surface area contributed by atoms with Gasteiger partial charge in [-0.1, -0.05) is 73.8 Å². The van der Waals surface area contributed by atoms with Crippen LogP contribution in [0.5, 0.6) is 0 Å². The van der Waals surface area contributed by atoms with Gasteiger partial charge >= 0.3 is 5.97 Å². The highest BCUT2D eigenvalue weighted by molar-refractivity contribution is 14.3. The lowest BCUT2D eigenvalue weighted by molar-refractivity contribution is -0.131. The first-order chi connectivity index (χ1) is 4.77. The van der Waals surface area contributed by atoms with Gasteiger partial charge in [-0.2, -0.15) is 0 Å². The lowest BCUT2D eigenvalue weighted by Gasteiger charge is -1.96. The Hall–Kier alpha value is 1.40. The SMILES string of the molecule is C/C=C\C(=O)O.CC(I)(I)I. The van der Waals surface area contributed by atoms with E-state index in [-0.39, 0.29) is 0 Å². The molecule has 0 bridgehead atoms. The van der Waals surface area contributed by atoms with E-state index in [0.717, 1.165) is 6.08 Å². The summed E-state index contributed by atoms with van der Waals surface area (Å²) in [5, 5.41) is 7.83. The minimum Gasteiger partial charge on any atom is -0.478 e. The van der Waals surface area contributed by atoms with Crippen molar-refractivity contribution in [3.63, 3.8) is 0 Å². The minimum absolute atomic E-state index is 0.410. The maximum Gasteiger partial charge on any atom is 0.327 e. The number of halogens is 3. The molecule has 11 heavy (non-hydrogen) atoms.